The number of methoxy groups -OCH3 is 1. The molecule has 3 rings (SSSR count). The molecule has 2 atom stereocenters. The van der Waals surface area contributed by atoms with Gasteiger partial charge in [-0.3, -0.25) is 0 Å². The molecule has 1 amide bonds. The first-order valence-electron chi connectivity index (χ1n) is 8.59. The number of piperidine rings is 1. The van der Waals surface area contributed by atoms with Crippen LogP contribution in [0, 0.1) is 6.92 Å². The quantitative estimate of drug-likeness (QED) is 0.836. The second kappa shape index (κ2) is 6.63. The molecule has 7 nitrogen and oxygen atoms in total. The van der Waals surface area contributed by atoms with Gasteiger partial charge in [0.05, 0.1) is 12.6 Å². The minimum Gasteiger partial charge on any atom is -0.444 e. The molecule has 1 fully saturated rings. The van der Waals surface area contributed by atoms with Gasteiger partial charge in [-0.2, -0.15) is 5.10 Å². The second-order valence-corrected chi connectivity index (χ2v) is 7.57. The molecule has 0 radical (unpaired) electrons. The lowest BCUT2D eigenvalue weighted by Gasteiger charge is -2.38. The highest BCUT2D eigenvalue weighted by atomic mass is 16.6. The average molecular weight is 346 g/mol. The molecule has 0 N–H and O–H groups in total. The second-order valence-electron chi connectivity index (χ2n) is 7.57. The molecule has 25 heavy (non-hydrogen) atoms. The maximum Gasteiger partial charge on any atom is 0.410 e. The molecule has 2 aromatic heterocycles. The van der Waals surface area contributed by atoms with Crippen LogP contribution in [0.25, 0.3) is 5.65 Å². The van der Waals surface area contributed by atoms with Gasteiger partial charge in [-0.15, -0.1) is 0 Å². The van der Waals surface area contributed by atoms with Crippen LogP contribution in [0.1, 0.15) is 44.2 Å². The fourth-order valence-corrected chi connectivity index (χ4v) is 3.36. The maximum absolute atomic E-state index is 12.4. The summed E-state index contributed by atoms with van der Waals surface area (Å²) in [6, 6.07) is 2.04. The minimum absolute atomic E-state index is 0.0825. The molecule has 0 aliphatic carbocycles. The summed E-state index contributed by atoms with van der Waals surface area (Å²) in [5.74, 6) is 0.206. The van der Waals surface area contributed by atoms with E-state index in [-0.39, 0.29) is 18.1 Å². The lowest BCUT2D eigenvalue weighted by atomic mass is 9.85. The Hall–Kier alpha value is -2.15. The number of likely N-dealkylation sites (tertiary alicyclic amines) is 1. The molecule has 0 spiro atoms. The summed E-state index contributed by atoms with van der Waals surface area (Å²) in [5, 5.41) is 4.23. The summed E-state index contributed by atoms with van der Waals surface area (Å²) in [5.41, 5.74) is 2.69. The normalized spacial score (nSPS) is 21.6. The highest BCUT2D eigenvalue weighted by Crippen LogP contribution is 2.33. The highest BCUT2D eigenvalue weighted by molar-refractivity contribution is 5.68. The van der Waals surface area contributed by atoms with Crippen molar-refractivity contribution in [2.45, 2.75) is 51.7 Å². The predicted molar refractivity (Wildman–Crippen MR) is 93.7 cm³/mol. The highest BCUT2D eigenvalue weighted by Gasteiger charge is 2.35. The van der Waals surface area contributed by atoms with Crippen LogP contribution in [-0.4, -0.2) is 57.5 Å². The summed E-state index contributed by atoms with van der Waals surface area (Å²) in [6.07, 6.45) is 4.03. The van der Waals surface area contributed by atoms with Gasteiger partial charge in [0.15, 0.2) is 5.65 Å². The average Bonchev–Trinajstić information content (AvgIpc) is 2.99. The standard InChI is InChI=1S/C18H26N4O3/c1-12-8-16-19-11-20-22(16)9-14(12)13-6-7-21(10-15(13)24-5)17(23)25-18(2,3)4/h8-9,11,13,15H,6-7,10H2,1-5H3. The third-order valence-corrected chi connectivity index (χ3v) is 4.58. The van der Waals surface area contributed by atoms with Gasteiger partial charge in [-0.1, -0.05) is 0 Å². The lowest BCUT2D eigenvalue weighted by Crippen LogP contribution is -2.48. The number of pyridine rings is 1. The number of hydrogen-bond donors (Lipinski definition) is 0. The zero-order valence-electron chi connectivity index (χ0n) is 15.5. The molecule has 1 saturated heterocycles. The minimum atomic E-state index is -0.495. The van der Waals surface area contributed by atoms with Crippen LogP contribution < -0.4 is 0 Å². The number of rotatable bonds is 2. The van der Waals surface area contributed by atoms with Gasteiger partial charge in [0.2, 0.25) is 0 Å². The molecule has 0 bridgehead atoms. The number of carbonyl (C=O) groups is 1. The zero-order chi connectivity index (χ0) is 18.2. The zero-order valence-corrected chi connectivity index (χ0v) is 15.5. The molecular formula is C18H26N4O3. The first-order valence-corrected chi connectivity index (χ1v) is 8.59. The van der Waals surface area contributed by atoms with Gasteiger partial charge in [0, 0.05) is 25.8 Å². The predicted octanol–water partition coefficient (Wildman–Crippen LogP) is 2.78. The Morgan fingerprint density at radius 1 is 1.36 bits per heavy atom. The van der Waals surface area contributed by atoms with Crippen molar-refractivity contribution in [2.75, 3.05) is 20.2 Å². The van der Waals surface area contributed by atoms with Crippen LogP contribution in [0.3, 0.4) is 0 Å². The Morgan fingerprint density at radius 2 is 2.12 bits per heavy atom. The van der Waals surface area contributed by atoms with Crippen LogP contribution in [0.15, 0.2) is 18.6 Å². The smallest absolute Gasteiger partial charge is 0.410 e. The molecule has 1 aliphatic heterocycles. The van der Waals surface area contributed by atoms with E-state index < -0.39 is 5.60 Å². The largest absolute Gasteiger partial charge is 0.444 e. The third-order valence-electron chi connectivity index (χ3n) is 4.58. The van der Waals surface area contributed by atoms with E-state index in [4.69, 9.17) is 9.47 Å². The van der Waals surface area contributed by atoms with E-state index >= 15 is 0 Å². The van der Waals surface area contributed by atoms with Gasteiger partial charge >= 0.3 is 6.09 Å². The molecule has 3 heterocycles. The summed E-state index contributed by atoms with van der Waals surface area (Å²) in [4.78, 5) is 18.3. The van der Waals surface area contributed by atoms with Gasteiger partial charge in [0.1, 0.15) is 11.9 Å². The molecule has 2 unspecified atom stereocenters. The van der Waals surface area contributed by atoms with Crippen LogP contribution in [0.2, 0.25) is 0 Å². The lowest BCUT2D eigenvalue weighted by molar-refractivity contribution is -0.0140. The number of amides is 1. The van der Waals surface area contributed by atoms with Crippen molar-refractivity contribution in [2.24, 2.45) is 0 Å². The van der Waals surface area contributed by atoms with Crippen LogP contribution in [0.5, 0.6) is 0 Å². The van der Waals surface area contributed by atoms with E-state index in [9.17, 15) is 4.79 Å². The number of aromatic nitrogens is 3. The van der Waals surface area contributed by atoms with Crippen LogP contribution >= 0.6 is 0 Å². The fraction of sp³-hybridized carbons (Fsp3) is 0.611. The Labute approximate surface area is 147 Å². The van der Waals surface area contributed by atoms with Gasteiger partial charge in [-0.25, -0.2) is 14.3 Å². The monoisotopic (exact) mass is 346 g/mol. The topological polar surface area (TPSA) is 69.0 Å². The molecule has 136 valence electrons. The summed E-state index contributed by atoms with van der Waals surface area (Å²) < 4.78 is 13.0. The van der Waals surface area contributed by atoms with Crippen LogP contribution in [-0.2, 0) is 9.47 Å². The number of aryl methyl sites for hydroxylation is 1. The van der Waals surface area contributed by atoms with E-state index in [2.05, 4.69) is 17.0 Å². The molecule has 0 saturated carbocycles. The molecule has 7 heteroatoms. The third kappa shape index (κ3) is 3.76. The number of fused-ring (bicyclic) bond motifs is 1. The van der Waals surface area contributed by atoms with E-state index in [0.717, 1.165) is 12.1 Å². The van der Waals surface area contributed by atoms with Gasteiger partial charge in [-0.05, 0) is 51.3 Å². The SMILES string of the molecule is COC1CN(C(=O)OC(C)(C)C)CCC1c1cn2ncnc2cc1C. The van der Waals surface area contributed by atoms with Crippen molar-refractivity contribution in [3.8, 4) is 0 Å². The van der Waals surface area contributed by atoms with Crippen LogP contribution in [0.4, 0.5) is 4.79 Å². The van der Waals surface area contributed by atoms with Gasteiger partial charge in [0.25, 0.3) is 0 Å². The molecular weight excluding hydrogens is 320 g/mol. The number of nitrogens with zero attached hydrogens (tertiary/aromatic N) is 4. The van der Waals surface area contributed by atoms with Crippen molar-refractivity contribution >= 4 is 11.7 Å². The number of ether oxygens (including phenoxy) is 2. The molecule has 1 aliphatic rings. The Balaban J connectivity index is 1.79. The Kier molecular flexibility index (Phi) is 4.69. The van der Waals surface area contributed by atoms with Crippen molar-refractivity contribution in [1.82, 2.24) is 19.5 Å². The van der Waals surface area contributed by atoms with Crippen molar-refractivity contribution < 1.29 is 14.3 Å². The maximum atomic E-state index is 12.4. The summed E-state index contributed by atoms with van der Waals surface area (Å²) >= 11 is 0. The van der Waals surface area contributed by atoms with Gasteiger partial charge < -0.3 is 14.4 Å². The van der Waals surface area contributed by atoms with E-state index in [0.29, 0.717) is 13.1 Å². The first-order chi connectivity index (χ1) is 11.8. The number of carbonyl (C=O) groups excluding carboxylic acids is 1. The Bertz CT molecular complexity index is 765. The van der Waals surface area contributed by atoms with Crippen molar-refractivity contribution in [3.63, 3.8) is 0 Å². The van der Waals surface area contributed by atoms with E-state index in [1.165, 1.54) is 11.1 Å². The van der Waals surface area contributed by atoms with Crippen molar-refractivity contribution in [1.29, 1.82) is 0 Å². The van der Waals surface area contributed by atoms with E-state index in [1.807, 2.05) is 33.0 Å². The van der Waals surface area contributed by atoms with E-state index in [1.54, 1.807) is 22.9 Å². The number of hydrogen-bond acceptors (Lipinski definition) is 5. The van der Waals surface area contributed by atoms with Crippen molar-refractivity contribution in [3.05, 3.63) is 29.7 Å². The summed E-state index contributed by atoms with van der Waals surface area (Å²) in [6.45, 7) is 8.88. The summed E-state index contributed by atoms with van der Waals surface area (Å²) in [7, 11) is 1.69. The Morgan fingerprint density at radius 3 is 2.80 bits per heavy atom. The fourth-order valence-electron chi connectivity index (χ4n) is 3.36. The molecule has 0 aromatic carbocycles. The first kappa shape index (κ1) is 17.7. The molecule has 2 aromatic rings.